The Hall–Kier alpha value is -0.700. The number of hydrogen-bond acceptors (Lipinski definition) is 2. The van der Waals surface area contributed by atoms with E-state index in [1.807, 2.05) is 12.1 Å². The van der Waals surface area contributed by atoms with Crippen molar-refractivity contribution in [2.75, 3.05) is 11.9 Å². The minimum Gasteiger partial charge on any atom is -0.508 e. The summed E-state index contributed by atoms with van der Waals surface area (Å²) in [6.07, 6.45) is 3.33. The molecule has 0 saturated heterocycles. The first-order chi connectivity index (χ1) is 7.31. The van der Waals surface area contributed by atoms with Gasteiger partial charge in [0.2, 0.25) is 0 Å². The molecule has 15 heavy (non-hydrogen) atoms. The van der Waals surface area contributed by atoms with Gasteiger partial charge < -0.3 is 9.84 Å². The van der Waals surface area contributed by atoms with Gasteiger partial charge in [0.05, 0.1) is 6.61 Å². The highest BCUT2D eigenvalue weighted by atomic mass is 79.9. The van der Waals surface area contributed by atoms with Crippen molar-refractivity contribution < 1.29 is 9.84 Å². The number of ether oxygens (including phenoxy) is 1. The fourth-order valence-corrected chi connectivity index (χ4v) is 2.64. The largest absolute Gasteiger partial charge is 0.508 e. The number of rotatable bonds is 2. The van der Waals surface area contributed by atoms with Gasteiger partial charge in [0, 0.05) is 10.9 Å². The van der Waals surface area contributed by atoms with E-state index in [9.17, 15) is 5.11 Å². The van der Waals surface area contributed by atoms with Crippen LogP contribution >= 0.6 is 15.9 Å². The molecule has 1 heterocycles. The highest BCUT2D eigenvalue weighted by Gasteiger charge is 2.19. The van der Waals surface area contributed by atoms with Crippen LogP contribution < -0.4 is 4.74 Å². The van der Waals surface area contributed by atoms with Crippen LogP contribution in [0.5, 0.6) is 11.5 Å². The molecule has 1 aromatic carbocycles. The predicted molar refractivity (Wildman–Crippen MR) is 64.0 cm³/mol. The molecule has 82 valence electrons. The zero-order valence-corrected chi connectivity index (χ0v) is 10.2. The second kappa shape index (κ2) is 4.88. The van der Waals surface area contributed by atoms with Gasteiger partial charge in [-0.05, 0) is 43.4 Å². The number of fused-ring (bicyclic) bond motifs is 1. The average molecular weight is 271 g/mol. The maximum atomic E-state index is 9.50. The Morgan fingerprint density at radius 2 is 2.33 bits per heavy atom. The molecule has 0 radical (unpaired) electrons. The fourth-order valence-electron chi connectivity index (χ4n) is 2.09. The molecule has 0 aromatic heterocycles. The maximum Gasteiger partial charge on any atom is 0.123 e. The summed E-state index contributed by atoms with van der Waals surface area (Å²) in [5.74, 6) is 1.78. The van der Waals surface area contributed by atoms with Crippen molar-refractivity contribution in [3.05, 3.63) is 23.8 Å². The molecule has 1 unspecified atom stereocenters. The standard InChI is InChI=1S/C12H15BrO2/c13-6-5-9-2-1-7-15-12-4-3-10(14)8-11(9)12/h3-4,8-9,14H,1-2,5-7H2. The van der Waals surface area contributed by atoms with E-state index in [1.54, 1.807) is 6.07 Å². The van der Waals surface area contributed by atoms with E-state index in [0.29, 0.717) is 11.7 Å². The topological polar surface area (TPSA) is 29.5 Å². The van der Waals surface area contributed by atoms with Gasteiger partial charge in [-0.15, -0.1) is 0 Å². The van der Waals surface area contributed by atoms with Gasteiger partial charge in [0.25, 0.3) is 0 Å². The molecule has 1 N–H and O–H groups in total. The van der Waals surface area contributed by atoms with Crippen LogP contribution in [-0.4, -0.2) is 17.0 Å². The third-order valence-corrected chi connectivity index (χ3v) is 3.30. The Balaban J connectivity index is 2.33. The van der Waals surface area contributed by atoms with Gasteiger partial charge >= 0.3 is 0 Å². The van der Waals surface area contributed by atoms with Crippen LogP contribution in [0.4, 0.5) is 0 Å². The van der Waals surface area contributed by atoms with Crippen molar-refractivity contribution in [3.63, 3.8) is 0 Å². The van der Waals surface area contributed by atoms with E-state index >= 15 is 0 Å². The van der Waals surface area contributed by atoms with Crippen LogP contribution in [0.3, 0.4) is 0 Å². The lowest BCUT2D eigenvalue weighted by Gasteiger charge is -2.15. The summed E-state index contributed by atoms with van der Waals surface area (Å²) in [7, 11) is 0. The molecule has 0 fully saturated rings. The lowest BCUT2D eigenvalue weighted by Crippen LogP contribution is -1.98. The Morgan fingerprint density at radius 3 is 3.13 bits per heavy atom. The summed E-state index contributed by atoms with van der Waals surface area (Å²) in [4.78, 5) is 0. The molecule has 0 saturated carbocycles. The summed E-state index contributed by atoms with van der Waals surface area (Å²) in [6.45, 7) is 0.788. The first-order valence-corrected chi connectivity index (χ1v) is 6.45. The summed E-state index contributed by atoms with van der Waals surface area (Å²) in [6, 6.07) is 5.40. The molecule has 1 aliphatic rings. The third kappa shape index (κ3) is 2.46. The molecule has 0 bridgehead atoms. The first-order valence-electron chi connectivity index (χ1n) is 5.33. The molecule has 0 aliphatic carbocycles. The second-order valence-electron chi connectivity index (χ2n) is 3.89. The minimum atomic E-state index is 0.332. The Bertz CT molecular complexity index is 338. The van der Waals surface area contributed by atoms with Crippen LogP contribution in [0, 0.1) is 0 Å². The second-order valence-corrected chi connectivity index (χ2v) is 4.68. The molecular weight excluding hydrogens is 256 g/mol. The molecule has 3 heteroatoms. The van der Waals surface area contributed by atoms with Gasteiger partial charge in [-0.1, -0.05) is 15.9 Å². The summed E-state index contributed by atoms with van der Waals surface area (Å²) < 4.78 is 5.65. The maximum absolute atomic E-state index is 9.50. The normalized spacial score (nSPS) is 20.2. The molecule has 2 nitrogen and oxygen atoms in total. The van der Waals surface area contributed by atoms with E-state index in [4.69, 9.17) is 4.74 Å². The lowest BCUT2D eigenvalue weighted by atomic mass is 9.92. The van der Waals surface area contributed by atoms with Crippen LogP contribution in [0.25, 0.3) is 0 Å². The van der Waals surface area contributed by atoms with Crippen LogP contribution in [-0.2, 0) is 0 Å². The lowest BCUT2D eigenvalue weighted by molar-refractivity contribution is 0.315. The third-order valence-electron chi connectivity index (χ3n) is 2.85. The van der Waals surface area contributed by atoms with Crippen molar-refractivity contribution in [2.24, 2.45) is 0 Å². The number of phenols is 1. The van der Waals surface area contributed by atoms with Gasteiger partial charge in [-0.2, -0.15) is 0 Å². The van der Waals surface area contributed by atoms with Crippen LogP contribution in [0.1, 0.15) is 30.7 Å². The van der Waals surface area contributed by atoms with Gasteiger partial charge in [-0.3, -0.25) is 0 Å². The van der Waals surface area contributed by atoms with Crippen molar-refractivity contribution in [3.8, 4) is 11.5 Å². The number of benzene rings is 1. The van der Waals surface area contributed by atoms with Gasteiger partial charge in [-0.25, -0.2) is 0 Å². The number of phenolic OH excluding ortho intramolecular Hbond substituents is 1. The van der Waals surface area contributed by atoms with Crippen LogP contribution in [0.15, 0.2) is 18.2 Å². The average Bonchev–Trinajstić information content (AvgIpc) is 2.42. The SMILES string of the molecule is Oc1ccc2c(c1)C(CCBr)CCCO2. The molecule has 1 aromatic rings. The van der Waals surface area contributed by atoms with E-state index in [-0.39, 0.29) is 0 Å². The first kappa shape index (κ1) is 10.8. The number of alkyl halides is 1. The van der Waals surface area contributed by atoms with Crippen LogP contribution in [0.2, 0.25) is 0 Å². The number of halogens is 1. The Kier molecular flexibility index (Phi) is 3.52. The van der Waals surface area contributed by atoms with Crippen molar-refractivity contribution >= 4 is 15.9 Å². The quantitative estimate of drug-likeness (QED) is 0.835. The molecule has 1 aliphatic heterocycles. The molecular formula is C12H15BrO2. The van der Waals surface area contributed by atoms with E-state index in [2.05, 4.69) is 15.9 Å². The smallest absolute Gasteiger partial charge is 0.123 e. The fraction of sp³-hybridized carbons (Fsp3) is 0.500. The van der Waals surface area contributed by atoms with Crippen molar-refractivity contribution in [1.82, 2.24) is 0 Å². The van der Waals surface area contributed by atoms with E-state index < -0.39 is 0 Å². The monoisotopic (exact) mass is 270 g/mol. The Morgan fingerprint density at radius 1 is 1.47 bits per heavy atom. The molecule has 0 spiro atoms. The van der Waals surface area contributed by atoms with Crippen molar-refractivity contribution in [2.45, 2.75) is 25.2 Å². The molecule has 0 amide bonds. The number of aromatic hydroxyl groups is 1. The van der Waals surface area contributed by atoms with E-state index in [0.717, 1.165) is 42.5 Å². The molecule has 2 rings (SSSR count). The summed E-state index contributed by atoms with van der Waals surface area (Å²) in [5, 5.41) is 10.5. The zero-order valence-electron chi connectivity index (χ0n) is 8.58. The Labute approximate surface area is 98.4 Å². The zero-order chi connectivity index (χ0) is 10.7. The minimum absolute atomic E-state index is 0.332. The van der Waals surface area contributed by atoms with Gasteiger partial charge in [0.1, 0.15) is 11.5 Å². The molecule has 1 atom stereocenters. The van der Waals surface area contributed by atoms with Crippen molar-refractivity contribution in [1.29, 1.82) is 0 Å². The highest BCUT2D eigenvalue weighted by Crippen LogP contribution is 2.37. The van der Waals surface area contributed by atoms with E-state index in [1.165, 1.54) is 0 Å². The summed E-state index contributed by atoms with van der Waals surface area (Å²) in [5.41, 5.74) is 1.16. The number of hydrogen-bond donors (Lipinski definition) is 1. The van der Waals surface area contributed by atoms with Gasteiger partial charge in [0.15, 0.2) is 0 Å². The summed E-state index contributed by atoms with van der Waals surface area (Å²) >= 11 is 3.48. The predicted octanol–water partition coefficient (Wildman–Crippen LogP) is 3.43. The highest BCUT2D eigenvalue weighted by molar-refractivity contribution is 9.09.